The van der Waals surface area contributed by atoms with Crippen molar-refractivity contribution in [3.63, 3.8) is 0 Å². The minimum absolute atomic E-state index is 0.216. The maximum absolute atomic E-state index is 13.3. The van der Waals surface area contributed by atoms with Gasteiger partial charge in [-0.2, -0.15) is 0 Å². The molecule has 4 nitrogen and oxygen atoms in total. The first-order chi connectivity index (χ1) is 8.56. The number of hydrogen-bond donors (Lipinski definition) is 2. The van der Waals surface area contributed by atoms with Crippen molar-refractivity contribution in [2.45, 2.75) is 10.8 Å². The van der Waals surface area contributed by atoms with Crippen molar-refractivity contribution in [2.75, 3.05) is 0 Å². The smallest absolute Gasteiger partial charge is 0.314 e. The SMILES string of the molecule is O=c1[nH]cc(SCc2ccc(F)cc2F)[nH]c1=O. The molecule has 0 unspecified atom stereocenters. The van der Waals surface area contributed by atoms with Gasteiger partial charge >= 0.3 is 11.1 Å². The van der Waals surface area contributed by atoms with Gasteiger partial charge in [-0.15, -0.1) is 11.8 Å². The molecule has 1 heterocycles. The summed E-state index contributed by atoms with van der Waals surface area (Å²) < 4.78 is 26.0. The summed E-state index contributed by atoms with van der Waals surface area (Å²) in [6.07, 6.45) is 1.33. The van der Waals surface area contributed by atoms with Gasteiger partial charge in [0.1, 0.15) is 11.6 Å². The van der Waals surface area contributed by atoms with E-state index in [-0.39, 0.29) is 5.75 Å². The van der Waals surface area contributed by atoms with Gasteiger partial charge in [0.25, 0.3) is 0 Å². The van der Waals surface area contributed by atoms with Crippen LogP contribution in [0.15, 0.2) is 39.0 Å². The van der Waals surface area contributed by atoms with Crippen LogP contribution in [0.5, 0.6) is 0 Å². The van der Waals surface area contributed by atoms with Gasteiger partial charge < -0.3 is 9.97 Å². The van der Waals surface area contributed by atoms with E-state index in [0.717, 1.165) is 23.9 Å². The quantitative estimate of drug-likeness (QED) is 0.658. The standard InChI is InChI=1S/C11H8F2N2O2S/c12-7-2-1-6(8(13)3-7)5-18-9-4-14-10(16)11(17)15-9/h1-4H,5H2,(H,14,16)(H,15,17). The molecule has 0 saturated heterocycles. The van der Waals surface area contributed by atoms with Gasteiger partial charge in [0, 0.05) is 18.0 Å². The van der Waals surface area contributed by atoms with E-state index in [1.807, 2.05) is 0 Å². The normalized spacial score (nSPS) is 10.6. The summed E-state index contributed by atoms with van der Waals surface area (Å²) in [5.74, 6) is -1.07. The summed E-state index contributed by atoms with van der Waals surface area (Å²) in [6.45, 7) is 0. The van der Waals surface area contributed by atoms with Crippen LogP contribution < -0.4 is 11.1 Å². The number of halogens is 2. The maximum Gasteiger partial charge on any atom is 0.314 e. The molecule has 1 aromatic carbocycles. The van der Waals surface area contributed by atoms with Gasteiger partial charge in [0.2, 0.25) is 0 Å². The van der Waals surface area contributed by atoms with Gasteiger partial charge in [-0.1, -0.05) is 6.07 Å². The van der Waals surface area contributed by atoms with Gasteiger partial charge in [0.05, 0.1) is 5.03 Å². The van der Waals surface area contributed by atoms with Crippen LogP contribution in [0, 0.1) is 11.6 Å². The zero-order valence-electron chi connectivity index (χ0n) is 9.00. The van der Waals surface area contributed by atoms with Crippen molar-refractivity contribution in [2.24, 2.45) is 0 Å². The Balaban J connectivity index is 2.13. The molecule has 0 spiro atoms. The number of hydrogen-bond acceptors (Lipinski definition) is 3. The van der Waals surface area contributed by atoms with E-state index in [1.165, 1.54) is 12.3 Å². The molecule has 1 aromatic heterocycles. The van der Waals surface area contributed by atoms with E-state index in [4.69, 9.17) is 0 Å². The third-order valence-electron chi connectivity index (χ3n) is 2.18. The molecule has 7 heteroatoms. The van der Waals surface area contributed by atoms with Crippen molar-refractivity contribution >= 4 is 11.8 Å². The molecule has 18 heavy (non-hydrogen) atoms. The lowest BCUT2D eigenvalue weighted by Gasteiger charge is -2.03. The first-order valence-electron chi connectivity index (χ1n) is 4.95. The van der Waals surface area contributed by atoms with Crippen molar-refractivity contribution in [1.29, 1.82) is 0 Å². The van der Waals surface area contributed by atoms with Crippen LogP contribution in [0.4, 0.5) is 8.78 Å². The molecule has 0 fully saturated rings. The number of thioether (sulfide) groups is 1. The highest BCUT2D eigenvalue weighted by Gasteiger charge is 2.05. The minimum atomic E-state index is -0.764. The van der Waals surface area contributed by atoms with Gasteiger partial charge in [-0.3, -0.25) is 9.59 Å². The molecule has 2 rings (SSSR count). The molecule has 0 saturated carbocycles. The molecular formula is C11H8F2N2O2S. The molecule has 2 aromatic rings. The third-order valence-corrected chi connectivity index (χ3v) is 3.16. The first-order valence-corrected chi connectivity index (χ1v) is 5.93. The van der Waals surface area contributed by atoms with Crippen LogP contribution in [-0.4, -0.2) is 9.97 Å². The van der Waals surface area contributed by atoms with E-state index in [9.17, 15) is 18.4 Å². The molecule has 0 aliphatic rings. The van der Waals surface area contributed by atoms with E-state index >= 15 is 0 Å². The second-order valence-corrected chi connectivity index (χ2v) is 4.48. The zero-order valence-corrected chi connectivity index (χ0v) is 9.81. The molecule has 0 bridgehead atoms. The topological polar surface area (TPSA) is 65.7 Å². The maximum atomic E-state index is 13.3. The molecule has 0 amide bonds. The first kappa shape index (κ1) is 12.6. The van der Waals surface area contributed by atoms with Crippen LogP contribution in [0.1, 0.15) is 5.56 Å². The number of rotatable bonds is 3. The summed E-state index contributed by atoms with van der Waals surface area (Å²) in [7, 11) is 0. The van der Waals surface area contributed by atoms with Crippen molar-refractivity contribution < 1.29 is 8.78 Å². The van der Waals surface area contributed by atoms with Gasteiger partial charge in [0.15, 0.2) is 0 Å². The fourth-order valence-electron chi connectivity index (χ4n) is 1.27. The summed E-state index contributed by atoms with van der Waals surface area (Å²) in [6, 6.07) is 3.29. The third kappa shape index (κ3) is 2.86. The molecule has 0 radical (unpaired) electrons. The Kier molecular flexibility index (Phi) is 3.61. The average Bonchev–Trinajstić information content (AvgIpc) is 2.32. The van der Waals surface area contributed by atoms with Crippen LogP contribution in [0.2, 0.25) is 0 Å². The molecule has 0 aliphatic heterocycles. The number of aromatic amines is 2. The van der Waals surface area contributed by atoms with Crippen LogP contribution in [0.25, 0.3) is 0 Å². The lowest BCUT2D eigenvalue weighted by molar-refractivity contribution is 0.576. The highest BCUT2D eigenvalue weighted by molar-refractivity contribution is 7.98. The minimum Gasteiger partial charge on any atom is -0.322 e. The predicted octanol–water partition coefficient (Wildman–Crippen LogP) is 1.63. The molecular weight excluding hydrogens is 262 g/mol. The lowest BCUT2D eigenvalue weighted by Crippen LogP contribution is -2.28. The fourth-order valence-corrected chi connectivity index (χ4v) is 2.13. The number of benzene rings is 1. The van der Waals surface area contributed by atoms with Crippen LogP contribution in [0.3, 0.4) is 0 Å². The number of nitrogens with one attached hydrogen (secondary N) is 2. The van der Waals surface area contributed by atoms with Crippen LogP contribution in [-0.2, 0) is 5.75 Å². The molecule has 0 atom stereocenters. The molecule has 2 N–H and O–H groups in total. The van der Waals surface area contributed by atoms with Crippen LogP contribution >= 0.6 is 11.8 Å². The van der Waals surface area contributed by atoms with E-state index in [1.54, 1.807) is 0 Å². The Bertz CT molecular complexity index is 681. The monoisotopic (exact) mass is 270 g/mol. The van der Waals surface area contributed by atoms with Gasteiger partial charge in [-0.05, 0) is 11.6 Å². The largest absolute Gasteiger partial charge is 0.322 e. The van der Waals surface area contributed by atoms with E-state index in [0.29, 0.717) is 10.6 Å². The van der Waals surface area contributed by atoms with Crippen molar-refractivity contribution in [3.8, 4) is 0 Å². The number of aromatic nitrogens is 2. The highest BCUT2D eigenvalue weighted by Crippen LogP contribution is 2.21. The zero-order chi connectivity index (χ0) is 13.1. The Morgan fingerprint density at radius 2 is 1.94 bits per heavy atom. The van der Waals surface area contributed by atoms with Crippen molar-refractivity contribution in [1.82, 2.24) is 9.97 Å². The predicted molar refractivity (Wildman–Crippen MR) is 63.6 cm³/mol. The second kappa shape index (κ2) is 5.18. The Labute approximate surface area is 104 Å². The van der Waals surface area contributed by atoms with Gasteiger partial charge in [-0.25, -0.2) is 8.78 Å². The van der Waals surface area contributed by atoms with Crippen molar-refractivity contribution in [3.05, 3.63) is 62.3 Å². The fraction of sp³-hybridized carbons (Fsp3) is 0.0909. The Hall–Kier alpha value is -1.89. The molecule has 94 valence electrons. The summed E-state index contributed by atoms with van der Waals surface area (Å²) in [5.41, 5.74) is -1.19. The lowest BCUT2D eigenvalue weighted by atomic mass is 10.2. The summed E-state index contributed by atoms with van der Waals surface area (Å²) in [4.78, 5) is 26.5. The highest BCUT2D eigenvalue weighted by atomic mass is 32.2. The van der Waals surface area contributed by atoms with E-state index < -0.39 is 22.8 Å². The average molecular weight is 270 g/mol. The molecule has 0 aliphatic carbocycles. The second-order valence-electron chi connectivity index (χ2n) is 3.46. The van der Waals surface area contributed by atoms with E-state index in [2.05, 4.69) is 9.97 Å². The summed E-state index contributed by atoms with van der Waals surface area (Å²) >= 11 is 1.13. The number of H-pyrrole nitrogens is 2. The Morgan fingerprint density at radius 3 is 2.61 bits per heavy atom. The Morgan fingerprint density at radius 1 is 1.17 bits per heavy atom. The summed E-state index contributed by atoms with van der Waals surface area (Å²) in [5, 5.41) is 0.406.